The molecule has 106 valence electrons. The number of ether oxygens (including phenoxy) is 2. The first kappa shape index (κ1) is 15.3. The zero-order valence-electron chi connectivity index (χ0n) is 10.9. The van der Waals surface area contributed by atoms with Crippen LogP contribution in [0.4, 0.5) is 11.6 Å². The number of nitrogens with zero attached hydrogens (tertiary/aromatic N) is 3. The molecular weight excluding hydrogens is 252 g/mol. The highest BCUT2D eigenvalue weighted by Gasteiger charge is 2.05. The van der Waals surface area contributed by atoms with Crippen molar-refractivity contribution in [3.05, 3.63) is 22.5 Å². The van der Waals surface area contributed by atoms with Crippen molar-refractivity contribution in [1.29, 1.82) is 0 Å². The van der Waals surface area contributed by atoms with Gasteiger partial charge in [0.1, 0.15) is 12.4 Å². The van der Waals surface area contributed by atoms with Gasteiger partial charge in [0.25, 0.3) is 0 Å². The van der Waals surface area contributed by atoms with Crippen molar-refractivity contribution in [1.82, 2.24) is 9.97 Å². The molecule has 0 saturated heterocycles. The van der Waals surface area contributed by atoms with Gasteiger partial charge in [-0.3, -0.25) is 10.1 Å². The second-order valence-corrected chi connectivity index (χ2v) is 3.76. The molecule has 8 heteroatoms. The molecule has 0 aliphatic heterocycles. The van der Waals surface area contributed by atoms with Gasteiger partial charge in [0.2, 0.25) is 5.95 Å². The quantitative estimate of drug-likeness (QED) is 0.388. The van der Waals surface area contributed by atoms with Crippen molar-refractivity contribution in [3.63, 3.8) is 0 Å². The Kier molecular flexibility index (Phi) is 7.37. The molecule has 1 heterocycles. The summed E-state index contributed by atoms with van der Waals surface area (Å²) in [7, 11) is 1.64. The fraction of sp³-hybridized carbons (Fsp3) is 0.636. The van der Waals surface area contributed by atoms with Gasteiger partial charge in [-0.05, 0) is 12.8 Å². The summed E-state index contributed by atoms with van der Waals surface area (Å²) in [5.74, 6) is 0.394. The molecule has 0 saturated carbocycles. The van der Waals surface area contributed by atoms with Crippen LogP contribution in [0.2, 0.25) is 0 Å². The van der Waals surface area contributed by atoms with Gasteiger partial charge in [-0.2, -0.15) is 0 Å². The lowest BCUT2D eigenvalue weighted by molar-refractivity contribution is -0.385. The second kappa shape index (κ2) is 9.17. The first-order valence-electron chi connectivity index (χ1n) is 6.01. The van der Waals surface area contributed by atoms with E-state index in [1.165, 1.54) is 12.4 Å². The van der Waals surface area contributed by atoms with Gasteiger partial charge in [0.05, 0.1) is 18.1 Å². The third-order valence-electron chi connectivity index (χ3n) is 2.28. The first-order valence-corrected chi connectivity index (χ1v) is 6.01. The standard InChI is InChI=1S/C11H18N4O4/c1-18-6-7-19-5-3-2-4-12-11-13-8-10(9-14-11)15(16)17/h8-9H,2-7H2,1H3,(H,12,13,14). The Bertz CT molecular complexity index is 371. The molecule has 0 amide bonds. The zero-order valence-corrected chi connectivity index (χ0v) is 10.9. The number of methoxy groups -OCH3 is 1. The molecule has 0 aliphatic rings. The maximum absolute atomic E-state index is 10.4. The molecule has 0 fully saturated rings. The van der Waals surface area contributed by atoms with Crippen molar-refractivity contribution >= 4 is 11.6 Å². The number of unbranched alkanes of at least 4 members (excludes halogenated alkanes) is 1. The highest BCUT2D eigenvalue weighted by atomic mass is 16.6. The van der Waals surface area contributed by atoms with E-state index in [2.05, 4.69) is 15.3 Å². The van der Waals surface area contributed by atoms with E-state index in [1.54, 1.807) is 7.11 Å². The van der Waals surface area contributed by atoms with Crippen LogP contribution in [0.1, 0.15) is 12.8 Å². The van der Waals surface area contributed by atoms with E-state index in [1.807, 2.05) is 0 Å². The van der Waals surface area contributed by atoms with Gasteiger partial charge >= 0.3 is 5.69 Å². The van der Waals surface area contributed by atoms with E-state index < -0.39 is 4.92 Å². The van der Waals surface area contributed by atoms with Crippen LogP contribution in [0.5, 0.6) is 0 Å². The Hall–Kier alpha value is -1.80. The summed E-state index contributed by atoms with van der Waals surface area (Å²) in [6.45, 7) is 2.60. The van der Waals surface area contributed by atoms with Crippen LogP contribution in [0.15, 0.2) is 12.4 Å². The smallest absolute Gasteiger partial charge is 0.305 e. The van der Waals surface area contributed by atoms with E-state index in [0.29, 0.717) is 32.3 Å². The van der Waals surface area contributed by atoms with E-state index in [9.17, 15) is 10.1 Å². The molecule has 0 aliphatic carbocycles. The van der Waals surface area contributed by atoms with Crippen molar-refractivity contribution in [2.24, 2.45) is 0 Å². The topological polar surface area (TPSA) is 99.4 Å². The summed E-state index contributed by atoms with van der Waals surface area (Å²) in [6.07, 6.45) is 4.20. The van der Waals surface area contributed by atoms with Gasteiger partial charge in [-0.1, -0.05) is 0 Å². The third kappa shape index (κ3) is 6.63. The molecular formula is C11H18N4O4. The molecule has 0 atom stereocenters. The van der Waals surface area contributed by atoms with Gasteiger partial charge in [0, 0.05) is 20.3 Å². The average molecular weight is 270 g/mol. The van der Waals surface area contributed by atoms with Crippen LogP contribution in [0, 0.1) is 10.1 Å². The molecule has 8 nitrogen and oxygen atoms in total. The monoisotopic (exact) mass is 270 g/mol. The van der Waals surface area contributed by atoms with Crippen molar-refractivity contribution in [2.75, 3.05) is 38.8 Å². The fourth-order valence-electron chi connectivity index (χ4n) is 1.28. The average Bonchev–Trinajstić information content (AvgIpc) is 2.42. The number of aromatic nitrogens is 2. The summed E-state index contributed by atoms with van der Waals surface area (Å²) in [6, 6.07) is 0. The molecule has 1 N–H and O–H groups in total. The molecule has 0 bridgehead atoms. The lowest BCUT2D eigenvalue weighted by atomic mass is 10.3. The molecule has 0 radical (unpaired) electrons. The van der Waals surface area contributed by atoms with Crippen LogP contribution >= 0.6 is 0 Å². The Morgan fingerprint density at radius 2 is 2.00 bits per heavy atom. The highest BCUT2D eigenvalue weighted by Crippen LogP contribution is 2.07. The Labute approximate surface area is 111 Å². The normalized spacial score (nSPS) is 10.4. The van der Waals surface area contributed by atoms with Crippen LogP contribution in [-0.4, -0.2) is 48.4 Å². The number of anilines is 1. The van der Waals surface area contributed by atoms with E-state index >= 15 is 0 Å². The third-order valence-corrected chi connectivity index (χ3v) is 2.28. The second-order valence-electron chi connectivity index (χ2n) is 3.76. The molecule has 19 heavy (non-hydrogen) atoms. The minimum absolute atomic E-state index is 0.114. The fourth-order valence-corrected chi connectivity index (χ4v) is 1.28. The number of nitro groups is 1. The van der Waals surface area contributed by atoms with Gasteiger partial charge in [0.15, 0.2) is 0 Å². The summed E-state index contributed by atoms with van der Waals surface area (Å²) in [4.78, 5) is 17.6. The van der Waals surface area contributed by atoms with Crippen LogP contribution in [0.25, 0.3) is 0 Å². The van der Waals surface area contributed by atoms with Crippen LogP contribution < -0.4 is 5.32 Å². The summed E-state index contributed by atoms with van der Waals surface area (Å²) >= 11 is 0. The van der Waals surface area contributed by atoms with Gasteiger partial charge < -0.3 is 14.8 Å². The predicted molar refractivity (Wildman–Crippen MR) is 69.1 cm³/mol. The van der Waals surface area contributed by atoms with E-state index in [4.69, 9.17) is 9.47 Å². The number of rotatable bonds is 10. The molecule has 0 aromatic carbocycles. The summed E-state index contributed by atoms with van der Waals surface area (Å²) < 4.78 is 10.2. The van der Waals surface area contributed by atoms with Gasteiger partial charge in [-0.25, -0.2) is 9.97 Å². The predicted octanol–water partition coefficient (Wildman–Crippen LogP) is 1.24. The first-order chi connectivity index (χ1) is 9.24. The van der Waals surface area contributed by atoms with E-state index in [-0.39, 0.29) is 5.69 Å². The molecule has 1 aromatic heterocycles. The molecule has 0 spiro atoms. The number of hydrogen-bond acceptors (Lipinski definition) is 7. The zero-order chi connectivity index (χ0) is 13.9. The Morgan fingerprint density at radius 1 is 1.26 bits per heavy atom. The molecule has 1 aromatic rings. The Morgan fingerprint density at radius 3 is 2.63 bits per heavy atom. The maximum atomic E-state index is 10.4. The van der Waals surface area contributed by atoms with Crippen molar-refractivity contribution in [3.8, 4) is 0 Å². The maximum Gasteiger partial charge on any atom is 0.305 e. The lowest BCUT2D eigenvalue weighted by Crippen LogP contribution is -2.08. The lowest BCUT2D eigenvalue weighted by Gasteiger charge is -2.05. The number of hydrogen-bond donors (Lipinski definition) is 1. The summed E-state index contributed by atoms with van der Waals surface area (Å²) in [5.41, 5.74) is -0.114. The minimum atomic E-state index is -0.527. The minimum Gasteiger partial charge on any atom is -0.382 e. The van der Waals surface area contributed by atoms with Crippen molar-refractivity contribution in [2.45, 2.75) is 12.8 Å². The van der Waals surface area contributed by atoms with Crippen LogP contribution in [0.3, 0.4) is 0 Å². The van der Waals surface area contributed by atoms with E-state index in [0.717, 1.165) is 12.8 Å². The molecule has 0 unspecified atom stereocenters. The van der Waals surface area contributed by atoms with Crippen LogP contribution in [-0.2, 0) is 9.47 Å². The molecule has 1 rings (SSSR count). The largest absolute Gasteiger partial charge is 0.382 e. The van der Waals surface area contributed by atoms with Gasteiger partial charge in [-0.15, -0.1) is 0 Å². The SMILES string of the molecule is COCCOCCCCNc1ncc([N+](=O)[O-])cn1. The van der Waals surface area contributed by atoms with Crippen molar-refractivity contribution < 1.29 is 14.4 Å². The Balaban J connectivity index is 2.07. The summed E-state index contributed by atoms with van der Waals surface area (Å²) in [5, 5.41) is 13.4. The highest BCUT2D eigenvalue weighted by molar-refractivity contribution is 5.30. The number of nitrogens with one attached hydrogen (secondary N) is 1.